The number of benzene rings is 2. The van der Waals surface area contributed by atoms with Crippen molar-refractivity contribution in [1.29, 1.82) is 0 Å². The molecule has 3 N–H and O–H groups in total. The largest absolute Gasteiger partial charge is 0.379 e. The fourth-order valence-electron chi connectivity index (χ4n) is 3.66. The van der Waals surface area contributed by atoms with Crippen LogP contribution in [0.2, 0.25) is 0 Å². The number of anilines is 2. The number of hydrogen-bond donors (Lipinski definition) is 3. The summed E-state index contributed by atoms with van der Waals surface area (Å²) in [4.78, 5) is 28.0. The molecule has 1 unspecified atom stereocenters. The highest BCUT2D eigenvalue weighted by Crippen LogP contribution is 2.20. The molecule has 184 valence electrons. The Balaban J connectivity index is 1.28. The molecule has 1 fully saturated rings. The molecule has 1 aromatic heterocycles. The Morgan fingerprint density at radius 3 is 2.46 bits per heavy atom. The summed E-state index contributed by atoms with van der Waals surface area (Å²) in [5.41, 5.74) is 3.91. The summed E-state index contributed by atoms with van der Waals surface area (Å²) in [6.45, 7) is 4.76. The Kier molecular flexibility index (Phi) is 8.64. The first kappa shape index (κ1) is 25.1. The smallest absolute Gasteiger partial charge is 0.265 e. The van der Waals surface area contributed by atoms with Crippen LogP contribution in [0.5, 0.6) is 0 Å². The van der Waals surface area contributed by atoms with Crippen molar-refractivity contribution in [2.75, 3.05) is 42.6 Å². The second-order valence-corrected chi connectivity index (χ2v) is 10.2. The molecule has 1 aliphatic rings. The Morgan fingerprint density at radius 1 is 1.00 bits per heavy atom. The maximum atomic E-state index is 12.6. The number of morpholine rings is 1. The zero-order valence-electron chi connectivity index (χ0n) is 19.4. The number of ether oxygens (including phenoxy) is 1. The average molecular weight is 513 g/mol. The van der Waals surface area contributed by atoms with Crippen molar-refractivity contribution in [2.24, 2.45) is 0 Å². The van der Waals surface area contributed by atoms with Gasteiger partial charge >= 0.3 is 0 Å². The van der Waals surface area contributed by atoms with Crippen molar-refractivity contribution in [3.05, 3.63) is 81.5 Å². The number of rotatable bonds is 9. The maximum absolute atomic E-state index is 12.6. The van der Waals surface area contributed by atoms with Crippen LogP contribution in [-0.2, 0) is 28.8 Å². The zero-order chi connectivity index (χ0) is 24.6. The van der Waals surface area contributed by atoms with Gasteiger partial charge in [0.05, 0.1) is 23.7 Å². The van der Waals surface area contributed by atoms with E-state index in [1.165, 1.54) is 23.2 Å². The number of thiophene rings is 1. The zero-order valence-corrected chi connectivity index (χ0v) is 21.0. The molecule has 10 heteroatoms. The van der Waals surface area contributed by atoms with Gasteiger partial charge < -0.3 is 20.1 Å². The number of carbonyl (C=O) groups is 2. The minimum Gasteiger partial charge on any atom is -0.379 e. The lowest BCUT2D eigenvalue weighted by molar-refractivity contribution is 0.0342. The average Bonchev–Trinajstić information content (AvgIpc) is 3.35. The van der Waals surface area contributed by atoms with Crippen molar-refractivity contribution in [3.63, 3.8) is 0 Å². The van der Waals surface area contributed by atoms with Crippen LogP contribution in [0.3, 0.4) is 0 Å². The predicted octanol–water partition coefficient (Wildman–Crippen LogP) is 3.47. The maximum Gasteiger partial charge on any atom is 0.265 e. The lowest BCUT2D eigenvalue weighted by Crippen LogP contribution is -2.35. The number of hydrogen-bond acceptors (Lipinski definition) is 6. The molecule has 8 nitrogen and oxygen atoms in total. The van der Waals surface area contributed by atoms with Crippen LogP contribution in [0.25, 0.3) is 0 Å². The summed E-state index contributed by atoms with van der Waals surface area (Å²) in [6.07, 6.45) is 1.53. The Bertz CT molecular complexity index is 1190. The van der Waals surface area contributed by atoms with Gasteiger partial charge in [-0.2, -0.15) is 0 Å². The minimum absolute atomic E-state index is 0.227. The van der Waals surface area contributed by atoms with E-state index in [-0.39, 0.29) is 11.8 Å². The van der Waals surface area contributed by atoms with Crippen molar-refractivity contribution in [2.45, 2.75) is 13.1 Å². The second kappa shape index (κ2) is 12.1. The number of amides is 2. The van der Waals surface area contributed by atoms with Crippen molar-refractivity contribution >= 4 is 45.5 Å². The van der Waals surface area contributed by atoms with Crippen molar-refractivity contribution in [1.82, 2.24) is 10.2 Å². The summed E-state index contributed by atoms with van der Waals surface area (Å²) in [6, 6.07) is 16.8. The first-order valence-electron chi connectivity index (χ1n) is 11.2. The third kappa shape index (κ3) is 7.46. The third-order valence-electron chi connectivity index (χ3n) is 5.45. The van der Waals surface area contributed by atoms with E-state index in [0.717, 1.165) is 38.4 Å². The molecule has 0 radical (unpaired) electrons. The molecule has 1 aliphatic heterocycles. The predicted molar refractivity (Wildman–Crippen MR) is 140 cm³/mol. The van der Waals surface area contributed by atoms with Crippen LogP contribution in [0.4, 0.5) is 11.4 Å². The van der Waals surface area contributed by atoms with Crippen LogP contribution in [0, 0.1) is 0 Å². The molecule has 2 amide bonds. The van der Waals surface area contributed by atoms with Gasteiger partial charge in [0.15, 0.2) is 0 Å². The van der Waals surface area contributed by atoms with E-state index in [4.69, 9.17) is 4.74 Å². The van der Waals surface area contributed by atoms with E-state index in [9.17, 15) is 13.8 Å². The van der Waals surface area contributed by atoms with Crippen molar-refractivity contribution < 1.29 is 18.5 Å². The lowest BCUT2D eigenvalue weighted by Gasteiger charge is -2.26. The van der Waals surface area contributed by atoms with Gasteiger partial charge in [0.25, 0.3) is 11.8 Å². The molecule has 1 atom stereocenters. The molecule has 0 spiro atoms. The summed E-state index contributed by atoms with van der Waals surface area (Å²) in [5, 5.41) is 7.40. The summed E-state index contributed by atoms with van der Waals surface area (Å²) < 4.78 is 19.5. The van der Waals surface area contributed by atoms with Gasteiger partial charge in [-0.3, -0.25) is 14.5 Å². The highest BCUT2D eigenvalue weighted by atomic mass is 32.2. The molecule has 0 bridgehead atoms. The standard InChI is InChI=1S/C25H28N4O4S2/c1-35(32)28-22-4-2-3-21(14-22)27-25(31)23-13-20(17-34-23)24(30)26-15-18-5-7-19(8-6-18)16-29-9-11-33-12-10-29/h2-8,13-14,17,28H,9-12,15-16H2,1H3,(H,26,30)(H,27,31). The molecule has 2 heterocycles. The highest BCUT2D eigenvalue weighted by Gasteiger charge is 2.14. The molecule has 35 heavy (non-hydrogen) atoms. The Hall–Kier alpha value is -3.05. The fourth-order valence-corrected chi connectivity index (χ4v) is 4.90. The van der Waals surface area contributed by atoms with Crippen molar-refractivity contribution in [3.8, 4) is 0 Å². The third-order valence-corrected chi connectivity index (χ3v) is 6.91. The monoisotopic (exact) mass is 512 g/mol. The normalized spacial score (nSPS) is 14.8. The summed E-state index contributed by atoms with van der Waals surface area (Å²) in [5.74, 6) is -0.533. The van der Waals surface area contributed by atoms with E-state index in [1.54, 1.807) is 35.7 Å². The van der Waals surface area contributed by atoms with E-state index in [1.807, 2.05) is 12.1 Å². The highest BCUT2D eigenvalue weighted by molar-refractivity contribution is 7.85. The summed E-state index contributed by atoms with van der Waals surface area (Å²) in [7, 11) is -1.21. The van der Waals surface area contributed by atoms with Crippen LogP contribution in [0.1, 0.15) is 31.2 Å². The first-order chi connectivity index (χ1) is 17.0. The Labute approximate surface area is 211 Å². The molecule has 1 saturated heterocycles. The van der Waals surface area contributed by atoms with Crippen LogP contribution >= 0.6 is 11.3 Å². The van der Waals surface area contributed by atoms with Crippen LogP contribution < -0.4 is 15.4 Å². The molecule has 0 aliphatic carbocycles. The van der Waals surface area contributed by atoms with E-state index in [0.29, 0.717) is 28.4 Å². The molecular weight excluding hydrogens is 484 g/mol. The van der Waals surface area contributed by atoms with Gasteiger partial charge in [-0.05, 0) is 35.4 Å². The van der Waals surface area contributed by atoms with E-state index < -0.39 is 11.0 Å². The number of nitrogens with zero attached hydrogens (tertiary/aromatic N) is 1. The molecule has 2 aromatic carbocycles. The van der Waals surface area contributed by atoms with Gasteiger partial charge in [-0.15, -0.1) is 11.3 Å². The van der Waals surface area contributed by atoms with Gasteiger partial charge in [0, 0.05) is 49.2 Å². The molecule has 3 aromatic rings. The topological polar surface area (TPSA) is 99.8 Å². The Morgan fingerprint density at radius 2 is 1.71 bits per heavy atom. The molecular formula is C25H28N4O4S2. The number of carbonyl (C=O) groups excluding carboxylic acids is 2. The molecule has 0 saturated carbocycles. The summed E-state index contributed by atoms with van der Waals surface area (Å²) >= 11 is 1.21. The quantitative estimate of drug-likeness (QED) is 0.408. The van der Waals surface area contributed by atoms with Gasteiger partial charge in [0.2, 0.25) is 0 Å². The van der Waals surface area contributed by atoms with Crippen LogP contribution in [0.15, 0.2) is 60.0 Å². The van der Waals surface area contributed by atoms with Gasteiger partial charge in [-0.25, -0.2) is 4.21 Å². The number of nitrogens with one attached hydrogen (secondary N) is 3. The molecule has 4 rings (SSSR count). The lowest BCUT2D eigenvalue weighted by atomic mass is 10.1. The van der Waals surface area contributed by atoms with E-state index in [2.05, 4.69) is 32.4 Å². The van der Waals surface area contributed by atoms with Gasteiger partial charge in [-0.1, -0.05) is 30.3 Å². The first-order valence-corrected chi connectivity index (χ1v) is 13.7. The van der Waals surface area contributed by atoms with E-state index >= 15 is 0 Å². The SMILES string of the molecule is CS(=O)Nc1cccc(NC(=O)c2cc(C(=O)NCc3ccc(CN4CCOCC4)cc3)cs2)c1. The van der Waals surface area contributed by atoms with Crippen LogP contribution in [-0.4, -0.2) is 53.5 Å². The fraction of sp³-hybridized carbons (Fsp3) is 0.280. The van der Waals surface area contributed by atoms with Gasteiger partial charge in [0.1, 0.15) is 11.0 Å². The minimum atomic E-state index is -1.21. The second-order valence-electron chi connectivity index (χ2n) is 8.18.